The lowest BCUT2D eigenvalue weighted by atomic mass is 9.96. The summed E-state index contributed by atoms with van der Waals surface area (Å²) in [6.07, 6.45) is 0.277. The first-order valence-electron chi connectivity index (χ1n) is 18.5. The number of methoxy groups -OCH3 is 1. The van der Waals surface area contributed by atoms with E-state index in [0.29, 0.717) is 73.9 Å². The van der Waals surface area contributed by atoms with E-state index in [9.17, 15) is 23.1 Å². The van der Waals surface area contributed by atoms with Crippen LogP contribution in [-0.2, 0) is 30.5 Å². The van der Waals surface area contributed by atoms with Crippen molar-refractivity contribution in [2.75, 3.05) is 32.1 Å². The standard InChI is InChI=1S/C40H40ClF3N8O4/c1-55-38-31(21-52-15-13-25(53)20-52)49-36(40(42,43)44)39(51-38)56-32-10-9-27-26(4-2-5-28(27)32)29-6-3-7-30(34(29)41)50-37-35-23(12-14-46-37)16-22(18-47-35)17-45-19-24-8-11-33(54)48-24/h2-7,12,14,16,18,24-25,32,45,53H,8-11,13,15,17,19-21H2,1H3,(H,46,50)(H,48,54)/t24-,25+,32+/m0/s1. The van der Waals surface area contributed by atoms with E-state index < -0.39 is 30.0 Å². The van der Waals surface area contributed by atoms with E-state index in [-0.39, 0.29) is 30.1 Å². The fraction of sp³-hybridized carbons (Fsp3) is 0.375. The molecule has 8 rings (SSSR count). The van der Waals surface area contributed by atoms with Gasteiger partial charge in [0.05, 0.1) is 23.9 Å². The maximum atomic E-state index is 14.4. The van der Waals surface area contributed by atoms with Gasteiger partial charge in [-0.05, 0) is 66.1 Å². The van der Waals surface area contributed by atoms with Crippen LogP contribution in [0, 0.1) is 0 Å². The van der Waals surface area contributed by atoms with Crippen LogP contribution in [0.25, 0.3) is 22.0 Å². The number of carbonyl (C=O) groups is 1. The number of nitrogens with one attached hydrogen (secondary N) is 3. The van der Waals surface area contributed by atoms with Gasteiger partial charge in [-0.25, -0.2) is 9.97 Å². The average Bonchev–Trinajstić information content (AvgIpc) is 3.92. The molecule has 4 N–H and O–H groups in total. The number of aliphatic hydroxyl groups excluding tert-OH is 1. The number of hydrogen-bond acceptors (Lipinski definition) is 11. The number of likely N-dealkylation sites (tertiary alicyclic amines) is 1. The van der Waals surface area contributed by atoms with Crippen molar-refractivity contribution in [1.82, 2.24) is 35.5 Å². The van der Waals surface area contributed by atoms with Crippen molar-refractivity contribution in [3.63, 3.8) is 0 Å². The van der Waals surface area contributed by atoms with E-state index in [1.54, 1.807) is 12.4 Å². The number of aliphatic hydroxyl groups is 1. The summed E-state index contributed by atoms with van der Waals surface area (Å²) >= 11 is 7.09. The summed E-state index contributed by atoms with van der Waals surface area (Å²) in [5.41, 5.74) is 4.30. The first-order valence-corrected chi connectivity index (χ1v) is 18.9. The molecule has 2 aliphatic heterocycles. The molecule has 3 aliphatic rings. The number of aromatic nitrogens is 4. The van der Waals surface area contributed by atoms with Gasteiger partial charge in [-0.3, -0.25) is 14.7 Å². The fourth-order valence-corrected chi connectivity index (χ4v) is 8.02. The Morgan fingerprint density at radius 1 is 1.04 bits per heavy atom. The molecule has 2 saturated heterocycles. The Kier molecular flexibility index (Phi) is 10.7. The number of nitrogens with zero attached hydrogens (tertiary/aromatic N) is 5. The highest BCUT2D eigenvalue weighted by molar-refractivity contribution is 6.36. The number of anilines is 2. The van der Waals surface area contributed by atoms with Crippen LogP contribution in [0.15, 0.2) is 60.9 Å². The molecule has 5 heterocycles. The smallest absolute Gasteiger partial charge is 0.438 e. The quantitative estimate of drug-likeness (QED) is 0.110. The van der Waals surface area contributed by atoms with Crippen LogP contribution in [0.1, 0.15) is 59.9 Å². The molecule has 3 aromatic heterocycles. The zero-order chi connectivity index (χ0) is 39.0. The molecule has 3 atom stereocenters. The van der Waals surface area contributed by atoms with Crippen LogP contribution in [0.2, 0.25) is 5.02 Å². The molecule has 56 heavy (non-hydrogen) atoms. The van der Waals surface area contributed by atoms with Gasteiger partial charge in [-0.1, -0.05) is 41.9 Å². The highest BCUT2D eigenvalue weighted by Gasteiger charge is 2.41. The molecule has 0 spiro atoms. The van der Waals surface area contributed by atoms with Gasteiger partial charge >= 0.3 is 6.18 Å². The van der Waals surface area contributed by atoms with Crippen molar-refractivity contribution in [2.45, 2.75) is 69.6 Å². The molecule has 1 amide bonds. The van der Waals surface area contributed by atoms with Gasteiger partial charge < -0.3 is 30.5 Å². The molecule has 0 radical (unpaired) electrons. The van der Waals surface area contributed by atoms with Crippen LogP contribution in [0.3, 0.4) is 0 Å². The summed E-state index contributed by atoms with van der Waals surface area (Å²) in [4.78, 5) is 30.7. The van der Waals surface area contributed by atoms with Gasteiger partial charge in [0.15, 0.2) is 5.82 Å². The number of ether oxygens (including phenoxy) is 2. The molecule has 1 aliphatic carbocycles. The Morgan fingerprint density at radius 2 is 1.88 bits per heavy atom. The number of carbonyl (C=O) groups excluding carboxylic acids is 1. The summed E-state index contributed by atoms with van der Waals surface area (Å²) in [5.74, 6) is -0.0857. The van der Waals surface area contributed by atoms with Crippen molar-refractivity contribution >= 4 is 39.9 Å². The van der Waals surface area contributed by atoms with Crippen molar-refractivity contribution in [1.29, 1.82) is 0 Å². The molecule has 0 saturated carbocycles. The maximum Gasteiger partial charge on any atom is 0.438 e. The molecule has 0 unspecified atom stereocenters. The minimum Gasteiger partial charge on any atom is -0.480 e. The summed E-state index contributed by atoms with van der Waals surface area (Å²) in [5, 5.41) is 21.0. The summed E-state index contributed by atoms with van der Waals surface area (Å²) < 4.78 is 54.7. The van der Waals surface area contributed by atoms with Crippen molar-refractivity contribution in [3.05, 3.63) is 94.0 Å². The Hall–Kier alpha value is -5.09. The maximum absolute atomic E-state index is 14.4. The average molecular weight is 789 g/mol. The number of pyridine rings is 2. The lowest BCUT2D eigenvalue weighted by Crippen LogP contribution is -2.35. The third-order valence-corrected chi connectivity index (χ3v) is 10.9. The largest absolute Gasteiger partial charge is 0.480 e. The topological polar surface area (TPSA) is 147 Å². The van der Waals surface area contributed by atoms with Gasteiger partial charge in [0.2, 0.25) is 23.4 Å². The Morgan fingerprint density at radius 3 is 2.64 bits per heavy atom. The predicted octanol–water partition coefficient (Wildman–Crippen LogP) is 6.51. The van der Waals surface area contributed by atoms with Crippen LogP contribution in [-0.4, -0.2) is 74.7 Å². The molecular formula is C40H40ClF3N8O4. The third kappa shape index (κ3) is 7.94. The van der Waals surface area contributed by atoms with E-state index in [1.807, 2.05) is 53.4 Å². The third-order valence-electron chi connectivity index (χ3n) is 10.5. The number of β-amino-alcohol motifs (C(OH)–C–C–N with tert-alkyl or cyclic N) is 1. The van der Waals surface area contributed by atoms with Crippen LogP contribution < -0.4 is 25.4 Å². The number of halogens is 4. The van der Waals surface area contributed by atoms with E-state index in [4.69, 9.17) is 26.1 Å². The Balaban J connectivity index is 1.02. The minimum atomic E-state index is -4.83. The summed E-state index contributed by atoms with van der Waals surface area (Å²) in [6, 6.07) is 15.3. The molecule has 5 aromatic rings. The Labute approximate surface area is 325 Å². The SMILES string of the molecule is COc1nc(O[C@@H]2CCc3c(-c4cccc(Nc5nccc6cc(CNC[C@@H]7CCC(=O)N7)cnc56)c4Cl)cccc32)c(C(F)(F)F)nc1CN1CC[C@@H](O)C1. The number of fused-ring (bicyclic) bond motifs is 2. The second-order valence-corrected chi connectivity index (χ2v) is 14.7. The number of rotatable bonds is 12. The van der Waals surface area contributed by atoms with Gasteiger partial charge in [0.25, 0.3) is 0 Å². The van der Waals surface area contributed by atoms with E-state index in [2.05, 4.69) is 30.9 Å². The molecule has 2 aromatic carbocycles. The van der Waals surface area contributed by atoms with Gasteiger partial charge in [-0.2, -0.15) is 18.2 Å². The first kappa shape index (κ1) is 37.8. The van der Waals surface area contributed by atoms with Gasteiger partial charge in [0.1, 0.15) is 17.3 Å². The van der Waals surface area contributed by atoms with Crippen molar-refractivity contribution < 1.29 is 32.5 Å². The number of benzene rings is 2. The van der Waals surface area contributed by atoms with Crippen LogP contribution in [0.5, 0.6) is 11.8 Å². The summed E-state index contributed by atoms with van der Waals surface area (Å²) in [7, 11) is 1.33. The highest BCUT2D eigenvalue weighted by atomic mass is 35.5. The van der Waals surface area contributed by atoms with Gasteiger partial charge in [0, 0.05) is 68.5 Å². The van der Waals surface area contributed by atoms with Crippen LogP contribution in [0.4, 0.5) is 24.7 Å². The fourth-order valence-electron chi connectivity index (χ4n) is 7.75. The zero-order valence-electron chi connectivity index (χ0n) is 30.5. The molecular weight excluding hydrogens is 749 g/mol. The first-order chi connectivity index (χ1) is 27.0. The van der Waals surface area contributed by atoms with Gasteiger partial charge in [-0.15, -0.1) is 0 Å². The number of alkyl halides is 3. The van der Waals surface area contributed by atoms with Crippen molar-refractivity contribution in [3.8, 4) is 22.9 Å². The molecule has 12 nitrogen and oxygen atoms in total. The molecule has 292 valence electrons. The molecule has 2 fully saturated rings. The summed E-state index contributed by atoms with van der Waals surface area (Å²) in [6.45, 7) is 2.19. The van der Waals surface area contributed by atoms with Crippen molar-refractivity contribution in [2.24, 2.45) is 0 Å². The number of hydrogen-bond donors (Lipinski definition) is 4. The minimum absolute atomic E-state index is 0.0262. The van der Waals surface area contributed by atoms with E-state index in [0.717, 1.165) is 39.6 Å². The van der Waals surface area contributed by atoms with E-state index in [1.165, 1.54) is 7.11 Å². The zero-order valence-corrected chi connectivity index (χ0v) is 31.3. The normalized spacial score (nSPS) is 19.7. The second-order valence-electron chi connectivity index (χ2n) is 14.3. The second kappa shape index (κ2) is 15.8. The van der Waals surface area contributed by atoms with Crippen LogP contribution >= 0.6 is 11.6 Å². The number of amides is 1. The Bertz CT molecular complexity index is 2280. The molecule has 16 heteroatoms. The molecule has 0 bridgehead atoms. The highest BCUT2D eigenvalue weighted by Crippen LogP contribution is 2.45. The monoisotopic (exact) mass is 788 g/mol. The predicted molar refractivity (Wildman–Crippen MR) is 204 cm³/mol. The lowest BCUT2D eigenvalue weighted by Gasteiger charge is -2.21. The van der Waals surface area contributed by atoms with E-state index >= 15 is 0 Å². The lowest BCUT2D eigenvalue weighted by molar-refractivity contribution is -0.143.